The second-order valence-corrected chi connectivity index (χ2v) is 5.43. The van der Waals surface area contributed by atoms with Crippen molar-refractivity contribution in [2.45, 2.75) is 31.6 Å². The van der Waals surface area contributed by atoms with E-state index in [-0.39, 0.29) is 11.7 Å². The van der Waals surface area contributed by atoms with E-state index in [2.05, 4.69) is 16.3 Å². The number of hydrogen-bond acceptors (Lipinski definition) is 6. The van der Waals surface area contributed by atoms with E-state index in [0.29, 0.717) is 30.4 Å². The number of thioether (sulfide) groups is 1. The Hall–Kier alpha value is -2.27. The number of nitrogens with zero attached hydrogens (tertiary/aromatic N) is 5. The molecule has 0 saturated heterocycles. The normalized spacial score (nSPS) is 10.4. The summed E-state index contributed by atoms with van der Waals surface area (Å²) in [7, 11) is 0. The Kier molecular flexibility index (Phi) is 6.03. The van der Waals surface area contributed by atoms with E-state index in [4.69, 9.17) is 9.68 Å². The molecule has 0 aliphatic rings. The third kappa shape index (κ3) is 4.36. The molecule has 0 N–H and O–H groups in total. The molecule has 2 heterocycles. The summed E-state index contributed by atoms with van der Waals surface area (Å²) >= 11 is 1.35. The Bertz CT molecular complexity index is 632. The third-order valence-electron chi connectivity index (χ3n) is 3.02. The lowest BCUT2D eigenvalue weighted by molar-refractivity contribution is -0.129. The van der Waals surface area contributed by atoms with Crippen molar-refractivity contribution in [3.05, 3.63) is 30.5 Å². The van der Waals surface area contributed by atoms with Crippen LogP contribution in [0.4, 0.5) is 0 Å². The molecule has 1 amide bonds. The molecule has 7 nitrogen and oxygen atoms in total. The van der Waals surface area contributed by atoms with Gasteiger partial charge in [0.2, 0.25) is 5.91 Å². The van der Waals surface area contributed by atoms with E-state index in [1.807, 2.05) is 17.6 Å². The Balaban J connectivity index is 1.94. The van der Waals surface area contributed by atoms with Crippen molar-refractivity contribution in [3.8, 4) is 6.07 Å². The van der Waals surface area contributed by atoms with Crippen LogP contribution >= 0.6 is 11.8 Å². The van der Waals surface area contributed by atoms with Gasteiger partial charge in [-0.1, -0.05) is 11.8 Å². The highest BCUT2D eigenvalue weighted by Gasteiger charge is 2.16. The van der Waals surface area contributed by atoms with Crippen molar-refractivity contribution in [2.24, 2.45) is 0 Å². The minimum atomic E-state index is -0.0534. The molecule has 22 heavy (non-hydrogen) atoms. The molecule has 0 bridgehead atoms. The van der Waals surface area contributed by atoms with Crippen LogP contribution in [0.2, 0.25) is 0 Å². The summed E-state index contributed by atoms with van der Waals surface area (Å²) in [6.07, 6.45) is 3.51. The van der Waals surface area contributed by atoms with Gasteiger partial charge in [0.25, 0.3) is 0 Å². The van der Waals surface area contributed by atoms with Gasteiger partial charge in [0, 0.05) is 13.1 Å². The standard InChI is InChI=1S/C14H17N5O2S/c1-2-18-11-16-17-14(18)22-10-13(20)19(7-4-6-15)9-12-5-3-8-21-12/h3,5,8,11H,2,4,7,9-10H2,1H3. The highest BCUT2D eigenvalue weighted by Crippen LogP contribution is 2.16. The van der Waals surface area contributed by atoms with Crippen LogP contribution in [0.25, 0.3) is 0 Å². The molecule has 0 aromatic carbocycles. The van der Waals surface area contributed by atoms with Gasteiger partial charge in [-0.15, -0.1) is 10.2 Å². The zero-order valence-corrected chi connectivity index (χ0v) is 13.1. The Morgan fingerprint density at radius 1 is 1.59 bits per heavy atom. The maximum absolute atomic E-state index is 12.4. The van der Waals surface area contributed by atoms with Gasteiger partial charge < -0.3 is 13.9 Å². The zero-order chi connectivity index (χ0) is 15.8. The van der Waals surface area contributed by atoms with Gasteiger partial charge in [-0.05, 0) is 19.1 Å². The van der Waals surface area contributed by atoms with Gasteiger partial charge in [-0.2, -0.15) is 5.26 Å². The van der Waals surface area contributed by atoms with E-state index in [0.717, 1.165) is 6.54 Å². The van der Waals surface area contributed by atoms with Crippen molar-refractivity contribution >= 4 is 17.7 Å². The quantitative estimate of drug-likeness (QED) is 0.691. The van der Waals surface area contributed by atoms with E-state index in [1.54, 1.807) is 23.6 Å². The topological polar surface area (TPSA) is 88.0 Å². The predicted octanol–water partition coefficient (Wildman–Crippen LogP) is 1.93. The molecule has 0 saturated carbocycles. The average Bonchev–Trinajstić information content (AvgIpc) is 3.19. The first-order valence-corrected chi connectivity index (χ1v) is 7.90. The van der Waals surface area contributed by atoms with Gasteiger partial charge in [0.05, 0.1) is 31.1 Å². The van der Waals surface area contributed by atoms with Crippen molar-refractivity contribution in [1.82, 2.24) is 19.7 Å². The summed E-state index contributed by atoms with van der Waals surface area (Å²) in [6.45, 7) is 3.50. The first-order chi connectivity index (χ1) is 10.7. The van der Waals surface area contributed by atoms with Gasteiger partial charge in [-0.25, -0.2) is 0 Å². The Morgan fingerprint density at radius 3 is 3.14 bits per heavy atom. The lowest BCUT2D eigenvalue weighted by Gasteiger charge is -2.20. The summed E-state index contributed by atoms with van der Waals surface area (Å²) in [4.78, 5) is 14.0. The monoisotopic (exact) mass is 319 g/mol. The number of carbonyl (C=O) groups is 1. The Labute approximate surface area is 132 Å². The molecule has 2 aromatic rings. The molecular formula is C14H17N5O2S. The summed E-state index contributed by atoms with van der Waals surface area (Å²) in [5.74, 6) is 0.903. The molecule has 2 aromatic heterocycles. The maximum atomic E-state index is 12.4. The zero-order valence-electron chi connectivity index (χ0n) is 12.3. The minimum absolute atomic E-state index is 0.0534. The largest absolute Gasteiger partial charge is 0.467 e. The molecule has 0 unspecified atom stereocenters. The molecule has 2 rings (SSSR count). The first kappa shape index (κ1) is 16.1. The number of rotatable bonds is 8. The molecule has 0 fully saturated rings. The van der Waals surface area contributed by atoms with E-state index >= 15 is 0 Å². The second kappa shape index (κ2) is 8.24. The lowest BCUT2D eigenvalue weighted by Crippen LogP contribution is -2.32. The van der Waals surface area contributed by atoms with Crippen LogP contribution in [0.5, 0.6) is 0 Å². The summed E-state index contributed by atoms with van der Waals surface area (Å²) in [5, 5.41) is 17.3. The van der Waals surface area contributed by atoms with Gasteiger partial charge in [0.15, 0.2) is 5.16 Å². The molecule has 0 aliphatic heterocycles. The van der Waals surface area contributed by atoms with E-state index in [9.17, 15) is 4.79 Å². The number of aryl methyl sites for hydroxylation is 1. The van der Waals surface area contributed by atoms with Crippen LogP contribution in [0, 0.1) is 11.3 Å². The first-order valence-electron chi connectivity index (χ1n) is 6.92. The summed E-state index contributed by atoms with van der Waals surface area (Å²) < 4.78 is 7.15. The van der Waals surface area contributed by atoms with Crippen LogP contribution in [0.15, 0.2) is 34.3 Å². The smallest absolute Gasteiger partial charge is 0.233 e. The highest BCUT2D eigenvalue weighted by molar-refractivity contribution is 7.99. The van der Waals surface area contributed by atoms with Crippen molar-refractivity contribution in [1.29, 1.82) is 5.26 Å². The second-order valence-electron chi connectivity index (χ2n) is 4.49. The highest BCUT2D eigenvalue weighted by atomic mass is 32.2. The number of amides is 1. The number of nitriles is 1. The Morgan fingerprint density at radius 2 is 2.45 bits per heavy atom. The number of furan rings is 1. The molecule has 0 spiro atoms. The van der Waals surface area contributed by atoms with Crippen molar-refractivity contribution in [3.63, 3.8) is 0 Å². The summed E-state index contributed by atoms with van der Waals surface area (Å²) in [6, 6.07) is 5.65. The minimum Gasteiger partial charge on any atom is -0.467 e. The molecule has 0 radical (unpaired) electrons. The number of hydrogen-bond donors (Lipinski definition) is 0. The molecule has 116 valence electrons. The van der Waals surface area contributed by atoms with Crippen molar-refractivity contribution in [2.75, 3.05) is 12.3 Å². The van der Waals surface area contributed by atoms with Gasteiger partial charge in [0.1, 0.15) is 12.1 Å². The maximum Gasteiger partial charge on any atom is 0.233 e. The molecular weight excluding hydrogens is 302 g/mol. The molecule has 0 atom stereocenters. The van der Waals surface area contributed by atoms with Gasteiger partial charge in [-0.3, -0.25) is 4.79 Å². The van der Waals surface area contributed by atoms with Crippen LogP contribution < -0.4 is 0 Å². The van der Waals surface area contributed by atoms with Crippen molar-refractivity contribution < 1.29 is 9.21 Å². The van der Waals surface area contributed by atoms with Crippen LogP contribution in [-0.2, 0) is 17.9 Å². The number of carbonyl (C=O) groups excluding carboxylic acids is 1. The SMILES string of the molecule is CCn1cnnc1SCC(=O)N(CCC#N)Cc1ccco1. The average molecular weight is 319 g/mol. The summed E-state index contributed by atoms with van der Waals surface area (Å²) in [5.41, 5.74) is 0. The molecule has 0 aliphatic carbocycles. The van der Waals surface area contributed by atoms with Crippen LogP contribution in [0.1, 0.15) is 19.1 Å². The molecule has 8 heteroatoms. The van der Waals surface area contributed by atoms with Gasteiger partial charge >= 0.3 is 0 Å². The van der Waals surface area contributed by atoms with Crippen LogP contribution in [-0.4, -0.2) is 37.9 Å². The van der Waals surface area contributed by atoms with Crippen LogP contribution in [0.3, 0.4) is 0 Å². The number of aromatic nitrogens is 3. The predicted molar refractivity (Wildman–Crippen MR) is 80.8 cm³/mol. The van der Waals surface area contributed by atoms with E-state index < -0.39 is 0 Å². The van der Waals surface area contributed by atoms with E-state index in [1.165, 1.54) is 11.8 Å². The fraction of sp³-hybridized carbons (Fsp3) is 0.429. The third-order valence-corrected chi connectivity index (χ3v) is 3.98. The lowest BCUT2D eigenvalue weighted by atomic mass is 10.3. The fourth-order valence-electron chi connectivity index (χ4n) is 1.86. The fourth-order valence-corrected chi connectivity index (χ4v) is 2.74.